The van der Waals surface area contributed by atoms with Gasteiger partial charge in [0.1, 0.15) is 5.58 Å². The van der Waals surface area contributed by atoms with Gasteiger partial charge in [-0.25, -0.2) is 4.79 Å². The molecule has 0 aliphatic carbocycles. The Balaban J connectivity index is 1.98. The topological polar surface area (TPSA) is 69.0 Å². The molecule has 0 radical (unpaired) electrons. The zero-order chi connectivity index (χ0) is 20.8. The van der Waals surface area contributed by atoms with Crippen LogP contribution in [0.3, 0.4) is 0 Å². The third-order valence-electron chi connectivity index (χ3n) is 4.80. The molecule has 1 atom stereocenters. The molecular weight excluding hydrogens is 370 g/mol. The van der Waals surface area contributed by atoms with Crippen molar-refractivity contribution in [3.8, 4) is 0 Å². The van der Waals surface area contributed by atoms with Crippen molar-refractivity contribution in [2.45, 2.75) is 26.6 Å². The lowest BCUT2D eigenvalue weighted by atomic mass is 10.1. The van der Waals surface area contributed by atoms with Crippen molar-refractivity contribution in [1.82, 2.24) is 4.90 Å². The number of hydrogen-bond donors (Lipinski definition) is 0. The van der Waals surface area contributed by atoms with E-state index in [9.17, 15) is 9.59 Å². The molecule has 0 unspecified atom stereocenters. The van der Waals surface area contributed by atoms with Gasteiger partial charge in [-0.2, -0.15) is 0 Å². The Morgan fingerprint density at radius 2 is 1.66 bits per heavy atom. The average molecular weight is 395 g/mol. The maximum absolute atomic E-state index is 13.1. The number of benzene rings is 2. The quantitative estimate of drug-likeness (QED) is 0.531. The van der Waals surface area contributed by atoms with E-state index in [1.807, 2.05) is 50.2 Å². The van der Waals surface area contributed by atoms with Gasteiger partial charge in [0.15, 0.2) is 0 Å². The van der Waals surface area contributed by atoms with Gasteiger partial charge < -0.3 is 18.8 Å². The number of carbonyl (C=O) groups is 2. The first-order valence-electron chi connectivity index (χ1n) is 9.64. The van der Waals surface area contributed by atoms with Crippen molar-refractivity contribution in [2.24, 2.45) is 0 Å². The lowest BCUT2D eigenvalue weighted by Gasteiger charge is -2.25. The van der Waals surface area contributed by atoms with Crippen LogP contribution >= 0.6 is 0 Å². The normalized spacial score (nSPS) is 12.0. The van der Waals surface area contributed by atoms with Crippen LogP contribution in [0.15, 0.2) is 59.0 Å². The molecule has 3 aromatic rings. The predicted molar refractivity (Wildman–Crippen MR) is 109 cm³/mol. The van der Waals surface area contributed by atoms with Crippen LogP contribution in [0.1, 0.15) is 41.6 Å². The van der Waals surface area contributed by atoms with Crippen molar-refractivity contribution in [2.75, 3.05) is 20.2 Å². The SMILES string of the molecule is CCN(CC)C(=O)[C@H](OC(=O)c1oc2ccccc2c1COC)c1ccccc1. The van der Waals surface area contributed by atoms with Crippen LogP contribution in [0, 0.1) is 0 Å². The van der Waals surface area contributed by atoms with Gasteiger partial charge in [-0.15, -0.1) is 0 Å². The van der Waals surface area contributed by atoms with E-state index >= 15 is 0 Å². The fraction of sp³-hybridized carbons (Fsp3) is 0.304. The fourth-order valence-corrected chi connectivity index (χ4v) is 3.30. The number of nitrogens with zero attached hydrogens (tertiary/aromatic N) is 1. The summed E-state index contributed by atoms with van der Waals surface area (Å²) < 4.78 is 16.7. The van der Waals surface area contributed by atoms with E-state index in [1.54, 1.807) is 30.2 Å². The van der Waals surface area contributed by atoms with Gasteiger partial charge in [-0.05, 0) is 19.9 Å². The molecule has 0 N–H and O–H groups in total. The highest BCUT2D eigenvalue weighted by Gasteiger charge is 2.31. The van der Waals surface area contributed by atoms with Crippen molar-refractivity contribution in [1.29, 1.82) is 0 Å². The molecule has 0 saturated carbocycles. The van der Waals surface area contributed by atoms with Gasteiger partial charge in [0.2, 0.25) is 11.9 Å². The van der Waals surface area contributed by atoms with E-state index in [-0.39, 0.29) is 18.3 Å². The first-order valence-corrected chi connectivity index (χ1v) is 9.64. The van der Waals surface area contributed by atoms with Crippen molar-refractivity contribution in [3.63, 3.8) is 0 Å². The van der Waals surface area contributed by atoms with Crippen LogP contribution in [0.2, 0.25) is 0 Å². The number of methoxy groups -OCH3 is 1. The first kappa shape index (κ1) is 20.6. The molecule has 1 aromatic heterocycles. The van der Waals surface area contributed by atoms with Gasteiger partial charge >= 0.3 is 5.97 Å². The van der Waals surface area contributed by atoms with Crippen LogP contribution in [0.4, 0.5) is 0 Å². The van der Waals surface area contributed by atoms with E-state index < -0.39 is 12.1 Å². The summed E-state index contributed by atoms with van der Waals surface area (Å²) in [5, 5.41) is 0.785. The summed E-state index contributed by atoms with van der Waals surface area (Å²) in [6.45, 7) is 5.02. The number of amides is 1. The zero-order valence-electron chi connectivity index (χ0n) is 16.9. The summed E-state index contributed by atoms with van der Waals surface area (Å²) in [5.41, 5.74) is 1.79. The second-order valence-electron chi connectivity index (χ2n) is 6.55. The maximum Gasteiger partial charge on any atom is 0.375 e. The predicted octanol–water partition coefficient (Wildman–Crippen LogP) is 4.35. The second kappa shape index (κ2) is 9.39. The molecule has 6 heteroatoms. The molecule has 29 heavy (non-hydrogen) atoms. The lowest BCUT2D eigenvalue weighted by molar-refractivity contribution is -0.140. The molecule has 0 aliphatic rings. The molecule has 0 saturated heterocycles. The molecular formula is C23H25NO5. The third-order valence-corrected chi connectivity index (χ3v) is 4.80. The first-order chi connectivity index (χ1) is 14.1. The number of para-hydroxylation sites is 1. The van der Waals surface area contributed by atoms with Gasteiger partial charge in [-0.1, -0.05) is 48.5 Å². The van der Waals surface area contributed by atoms with Crippen LogP contribution < -0.4 is 0 Å². The molecule has 152 valence electrons. The van der Waals surface area contributed by atoms with Crippen molar-refractivity contribution >= 4 is 22.8 Å². The van der Waals surface area contributed by atoms with Crippen LogP contribution in [-0.2, 0) is 20.9 Å². The number of fused-ring (bicyclic) bond motifs is 1. The average Bonchev–Trinajstić information content (AvgIpc) is 3.12. The van der Waals surface area contributed by atoms with Crippen molar-refractivity contribution < 1.29 is 23.5 Å². The zero-order valence-corrected chi connectivity index (χ0v) is 16.9. The monoisotopic (exact) mass is 395 g/mol. The van der Waals surface area contributed by atoms with E-state index in [2.05, 4.69) is 0 Å². The molecule has 0 spiro atoms. The Bertz CT molecular complexity index is 975. The van der Waals surface area contributed by atoms with Gasteiger partial charge in [0.25, 0.3) is 5.91 Å². The number of rotatable bonds is 8. The van der Waals surface area contributed by atoms with Crippen LogP contribution in [0.5, 0.6) is 0 Å². The van der Waals surface area contributed by atoms with Crippen LogP contribution in [-0.4, -0.2) is 37.0 Å². The van der Waals surface area contributed by atoms with Gasteiger partial charge in [0, 0.05) is 36.7 Å². The highest BCUT2D eigenvalue weighted by molar-refractivity contribution is 5.97. The van der Waals surface area contributed by atoms with Gasteiger partial charge in [0.05, 0.1) is 6.61 Å². The van der Waals surface area contributed by atoms with E-state index in [4.69, 9.17) is 13.9 Å². The molecule has 1 amide bonds. The summed E-state index contributed by atoms with van der Waals surface area (Å²) in [6.07, 6.45) is -1.05. The van der Waals surface area contributed by atoms with E-state index in [0.717, 1.165) is 5.39 Å². The highest BCUT2D eigenvalue weighted by atomic mass is 16.6. The number of furan rings is 1. The lowest BCUT2D eigenvalue weighted by Crippen LogP contribution is -2.36. The molecule has 2 aromatic carbocycles. The summed E-state index contributed by atoms with van der Waals surface area (Å²) in [4.78, 5) is 27.7. The van der Waals surface area contributed by atoms with Crippen molar-refractivity contribution in [3.05, 3.63) is 71.5 Å². The number of esters is 1. The molecule has 1 heterocycles. The van der Waals surface area contributed by atoms with E-state index in [1.165, 1.54) is 0 Å². The number of likely N-dealkylation sites (N-methyl/N-ethyl adjacent to an activating group) is 1. The Kier molecular flexibility index (Phi) is 6.67. The van der Waals surface area contributed by atoms with Gasteiger partial charge in [-0.3, -0.25) is 4.79 Å². The Morgan fingerprint density at radius 3 is 2.31 bits per heavy atom. The fourth-order valence-electron chi connectivity index (χ4n) is 3.30. The molecule has 6 nitrogen and oxygen atoms in total. The summed E-state index contributed by atoms with van der Waals surface area (Å²) in [6, 6.07) is 16.3. The number of carbonyl (C=O) groups excluding carboxylic acids is 2. The summed E-state index contributed by atoms with van der Waals surface area (Å²) in [7, 11) is 1.55. The second-order valence-corrected chi connectivity index (χ2v) is 6.55. The summed E-state index contributed by atoms with van der Waals surface area (Å²) in [5.74, 6) is -0.900. The highest BCUT2D eigenvalue weighted by Crippen LogP contribution is 2.29. The molecule has 0 fully saturated rings. The minimum atomic E-state index is -1.05. The standard InChI is InChI=1S/C23H25NO5/c1-4-24(5-2)22(25)20(16-11-7-6-8-12-16)29-23(26)21-18(15-27-3)17-13-9-10-14-19(17)28-21/h6-14,20H,4-5,15H2,1-3H3/t20-/m1/s1. The van der Waals surface area contributed by atoms with Crippen LogP contribution in [0.25, 0.3) is 11.0 Å². The number of hydrogen-bond acceptors (Lipinski definition) is 5. The molecule has 3 rings (SSSR count). The number of ether oxygens (including phenoxy) is 2. The minimum absolute atomic E-state index is 0.0568. The summed E-state index contributed by atoms with van der Waals surface area (Å²) >= 11 is 0. The maximum atomic E-state index is 13.1. The molecule has 0 bridgehead atoms. The van der Waals surface area contributed by atoms with E-state index in [0.29, 0.717) is 29.8 Å². The smallest absolute Gasteiger partial charge is 0.375 e. The largest absolute Gasteiger partial charge is 0.449 e. The third kappa shape index (κ3) is 4.32. The minimum Gasteiger partial charge on any atom is -0.449 e. The Hall–Kier alpha value is -3.12. The molecule has 0 aliphatic heterocycles. The Morgan fingerprint density at radius 1 is 1.00 bits per heavy atom. The Labute approximate surface area is 170 Å².